The Labute approximate surface area is 103 Å². The average Bonchev–Trinajstić information content (AvgIpc) is 2.82. The van der Waals surface area contributed by atoms with Gasteiger partial charge in [0.2, 0.25) is 11.8 Å². The van der Waals surface area contributed by atoms with E-state index < -0.39 is 0 Å². The van der Waals surface area contributed by atoms with Crippen LogP contribution in [0.1, 0.15) is 26.2 Å². The number of nitrogens with zero attached hydrogens (tertiary/aromatic N) is 2. The van der Waals surface area contributed by atoms with Gasteiger partial charge in [-0.05, 0) is 25.3 Å². The van der Waals surface area contributed by atoms with Crippen molar-refractivity contribution in [2.24, 2.45) is 11.7 Å². The summed E-state index contributed by atoms with van der Waals surface area (Å²) in [7, 11) is 1.68. The molecule has 98 valence electrons. The van der Waals surface area contributed by atoms with Gasteiger partial charge in [0.15, 0.2) is 0 Å². The SMILES string of the molecule is CC(CN)CC(=O)N(C)CC(=O)N1CCCC1. The van der Waals surface area contributed by atoms with Gasteiger partial charge in [-0.15, -0.1) is 0 Å². The van der Waals surface area contributed by atoms with Crippen LogP contribution in [0, 0.1) is 5.92 Å². The second-order valence-corrected chi connectivity index (χ2v) is 4.88. The van der Waals surface area contributed by atoms with E-state index in [4.69, 9.17) is 5.73 Å². The van der Waals surface area contributed by atoms with Crippen LogP contribution in [-0.4, -0.2) is 54.8 Å². The fourth-order valence-corrected chi connectivity index (χ4v) is 1.89. The topological polar surface area (TPSA) is 66.6 Å². The summed E-state index contributed by atoms with van der Waals surface area (Å²) < 4.78 is 0. The molecule has 0 radical (unpaired) electrons. The molecule has 0 aromatic heterocycles. The zero-order valence-electron chi connectivity index (χ0n) is 10.8. The number of nitrogens with two attached hydrogens (primary N) is 1. The van der Waals surface area contributed by atoms with E-state index in [-0.39, 0.29) is 24.3 Å². The van der Waals surface area contributed by atoms with Crippen LogP contribution in [0.15, 0.2) is 0 Å². The zero-order valence-corrected chi connectivity index (χ0v) is 10.8. The van der Waals surface area contributed by atoms with Crippen molar-refractivity contribution in [1.82, 2.24) is 9.80 Å². The first-order chi connectivity index (χ1) is 8.04. The lowest BCUT2D eigenvalue weighted by molar-refractivity contribution is -0.139. The van der Waals surface area contributed by atoms with Crippen LogP contribution in [0.4, 0.5) is 0 Å². The Kier molecular flexibility index (Phi) is 5.41. The molecule has 1 saturated heterocycles. The molecular formula is C12H23N3O2. The van der Waals surface area contributed by atoms with Crippen molar-refractivity contribution in [3.8, 4) is 0 Å². The number of carbonyl (C=O) groups is 2. The molecule has 0 bridgehead atoms. The van der Waals surface area contributed by atoms with Gasteiger partial charge in [-0.1, -0.05) is 6.92 Å². The lowest BCUT2D eigenvalue weighted by atomic mass is 10.1. The minimum absolute atomic E-state index is 0.00417. The van der Waals surface area contributed by atoms with Crippen molar-refractivity contribution < 1.29 is 9.59 Å². The maximum absolute atomic E-state index is 11.8. The molecule has 1 rings (SSSR count). The van der Waals surface area contributed by atoms with Gasteiger partial charge in [-0.25, -0.2) is 0 Å². The van der Waals surface area contributed by atoms with Gasteiger partial charge in [0.1, 0.15) is 0 Å². The molecule has 1 aliphatic heterocycles. The average molecular weight is 241 g/mol. The van der Waals surface area contributed by atoms with E-state index in [1.165, 1.54) is 4.90 Å². The van der Waals surface area contributed by atoms with E-state index in [1.54, 1.807) is 7.05 Å². The summed E-state index contributed by atoms with van der Waals surface area (Å²) >= 11 is 0. The van der Waals surface area contributed by atoms with Crippen molar-refractivity contribution >= 4 is 11.8 Å². The highest BCUT2D eigenvalue weighted by atomic mass is 16.2. The molecule has 1 unspecified atom stereocenters. The fourth-order valence-electron chi connectivity index (χ4n) is 1.89. The number of rotatable bonds is 5. The summed E-state index contributed by atoms with van der Waals surface area (Å²) in [5.41, 5.74) is 5.48. The maximum Gasteiger partial charge on any atom is 0.242 e. The van der Waals surface area contributed by atoms with Crippen LogP contribution in [0.25, 0.3) is 0 Å². The van der Waals surface area contributed by atoms with Gasteiger partial charge in [0.25, 0.3) is 0 Å². The van der Waals surface area contributed by atoms with Gasteiger partial charge in [-0.2, -0.15) is 0 Å². The van der Waals surface area contributed by atoms with Crippen molar-refractivity contribution in [2.45, 2.75) is 26.2 Å². The summed E-state index contributed by atoms with van der Waals surface area (Å²) in [6.45, 7) is 4.30. The highest BCUT2D eigenvalue weighted by molar-refractivity contribution is 5.84. The van der Waals surface area contributed by atoms with E-state index in [0.29, 0.717) is 13.0 Å². The third-order valence-corrected chi connectivity index (χ3v) is 3.18. The number of amides is 2. The van der Waals surface area contributed by atoms with Crippen LogP contribution in [0.3, 0.4) is 0 Å². The molecule has 5 heteroatoms. The standard InChI is InChI=1S/C12H23N3O2/c1-10(8-13)7-11(16)14(2)9-12(17)15-5-3-4-6-15/h10H,3-9,13H2,1-2H3. The van der Waals surface area contributed by atoms with Gasteiger partial charge in [0.05, 0.1) is 6.54 Å². The number of likely N-dealkylation sites (N-methyl/N-ethyl adjacent to an activating group) is 1. The molecular weight excluding hydrogens is 218 g/mol. The Hall–Kier alpha value is -1.10. The Bertz CT molecular complexity index is 275. The maximum atomic E-state index is 11.8. The second kappa shape index (κ2) is 6.59. The molecule has 17 heavy (non-hydrogen) atoms. The molecule has 0 aliphatic carbocycles. The molecule has 0 spiro atoms. The van der Waals surface area contributed by atoms with Crippen LogP contribution >= 0.6 is 0 Å². The summed E-state index contributed by atoms with van der Waals surface area (Å²) in [4.78, 5) is 26.9. The second-order valence-electron chi connectivity index (χ2n) is 4.88. The van der Waals surface area contributed by atoms with E-state index in [9.17, 15) is 9.59 Å². The molecule has 1 heterocycles. The molecule has 0 saturated carbocycles. The Balaban J connectivity index is 2.34. The normalized spacial score (nSPS) is 17.0. The quantitative estimate of drug-likeness (QED) is 0.739. The molecule has 5 nitrogen and oxygen atoms in total. The van der Waals surface area contributed by atoms with E-state index in [1.807, 2.05) is 11.8 Å². The third kappa shape index (κ3) is 4.34. The van der Waals surface area contributed by atoms with Crippen molar-refractivity contribution in [3.05, 3.63) is 0 Å². The number of likely N-dealkylation sites (tertiary alicyclic amines) is 1. The van der Waals surface area contributed by atoms with E-state index >= 15 is 0 Å². The molecule has 0 aromatic rings. The predicted octanol–water partition coefficient (Wildman–Crippen LogP) is 0.0521. The van der Waals surface area contributed by atoms with E-state index in [0.717, 1.165) is 25.9 Å². The first kappa shape index (κ1) is 14.0. The first-order valence-corrected chi connectivity index (χ1v) is 6.26. The van der Waals surface area contributed by atoms with Crippen LogP contribution in [0.5, 0.6) is 0 Å². The molecule has 2 amide bonds. The Morgan fingerprint density at radius 3 is 2.47 bits per heavy atom. The fraction of sp³-hybridized carbons (Fsp3) is 0.833. The van der Waals surface area contributed by atoms with Gasteiger partial charge in [0, 0.05) is 26.6 Å². The highest BCUT2D eigenvalue weighted by Crippen LogP contribution is 2.08. The zero-order chi connectivity index (χ0) is 12.8. The van der Waals surface area contributed by atoms with Crippen molar-refractivity contribution in [1.29, 1.82) is 0 Å². The summed E-state index contributed by atoms with van der Waals surface area (Å²) in [6, 6.07) is 0. The molecule has 1 fully saturated rings. The van der Waals surface area contributed by atoms with Crippen LogP contribution in [-0.2, 0) is 9.59 Å². The van der Waals surface area contributed by atoms with Gasteiger partial charge < -0.3 is 15.5 Å². The molecule has 1 atom stereocenters. The lowest BCUT2D eigenvalue weighted by Crippen LogP contribution is -2.40. The summed E-state index contributed by atoms with van der Waals surface area (Å²) in [5.74, 6) is 0.223. The molecule has 2 N–H and O–H groups in total. The first-order valence-electron chi connectivity index (χ1n) is 6.26. The molecule has 1 aliphatic rings. The Morgan fingerprint density at radius 2 is 1.94 bits per heavy atom. The third-order valence-electron chi connectivity index (χ3n) is 3.18. The largest absolute Gasteiger partial charge is 0.341 e. The van der Waals surface area contributed by atoms with Crippen LogP contribution < -0.4 is 5.73 Å². The predicted molar refractivity (Wildman–Crippen MR) is 66.3 cm³/mol. The van der Waals surface area contributed by atoms with E-state index in [2.05, 4.69) is 0 Å². The monoisotopic (exact) mass is 241 g/mol. The van der Waals surface area contributed by atoms with Crippen molar-refractivity contribution in [3.63, 3.8) is 0 Å². The van der Waals surface area contributed by atoms with Gasteiger partial charge >= 0.3 is 0 Å². The summed E-state index contributed by atoms with van der Waals surface area (Å²) in [6.07, 6.45) is 2.57. The Morgan fingerprint density at radius 1 is 1.35 bits per heavy atom. The smallest absolute Gasteiger partial charge is 0.242 e. The number of carbonyl (C=O) groups excluding carboxylic acids is 2. The van der Waals surface area contributed by atoms with Crippen LogP contribution in [0.2, 0.25) is 0 Å². The van der Waals surface area contributed by atoms with Gasteiger partial charge in [-0.3, -0.25) is 9.59 Å². The minimum Gasteiger partial charge on any atom is -0.341 e. The van der Waals surface area contributed by atoms with Crippen molar-refractivity contribution in [2.75, 3.05) is 33.2 Å². The number of hydrogen-bond acceptors (Lipinski definition) is 3. The lowest BCUT2D eigenvalue weighted by Gasteiger charge is -2.22. The molecule has 0 aromatic carbocycles. The summed E-state index contributed by atoms with van der Waals surface area (Å²) in [5, 5.41) is 0. The highest BCUT2D eigenvalue weighted by Gasteiger charge is 2.21. The number of hydrogen-bond donors (Lipinski definition) is 1. The minimum atomic E-state index is -0.00417.